The van der Waals surface area contributed by atoms with Gasteiger partial charge in [0.25, 0.3) is 0 Å². The normalized spacial score (nSPS) is 13.1. The lowest BCUT2D eigenvalue weighted by Gasteiger charge is -2.25. The maximum Gasteiger partial charge on any atom is 0.351 e. The molecule has 0 saturated carbocycles. The van der Waals surface area contributed by atoms with Gasteiger partial charge in [0.05, 0.1) is 13.2 Å². The van der Waals surface area contributed by atoms with Gasteiger partial charge in [-0.25, -0.2) is 0 Å². The van der Waals surface area contributed by atoms with Gasteiger partial charge in [0.2, 0.25) is 0 Å². The van der Waals surface area contributed by atoms with E-state index in [1.165, 1.54) is 0 Å². The van der Waals surface area contributed by atoms with Gasteiger partial charge in [-0.15, -0.1) is 0 Å². The van der Waals surface area contributed by atoms with Gasteiger partial charge in [-0.2, -0.15) is 0 Å². The van der Waals surface area contributed by atoms with Gasteiger partial charge in [-0.3, -0.25) is 4.57 Å². The standard InChI is InChI=1S/C15H27N2O4P/c1-5-17(6-2)12-9-10-13(14(18)11-12)15(16)22(19,20-7-3)21-8-4/h9-11,15,18H,5-8,16H2,1-4H3/t15-/m0/s1. The molecule has 22 heavy (non-hydrogen) atoms. The van der Waals surface area contributed by atoms with E-state index in [2.05, 4.69) is 4.90 Å². The Bertz CT molecular complexity index is 510. The number of hydrogen-bond acceptors (Lipinski definition) is 6. The summed E-state index contributed by atoms with van der Waals surface area (Å²) < 4.78 is 23.2. The molecule has 0 aromatic heterocycles. The molecule has 7 heteroatoms. The van der Waals surface area contributed by atoms with E-state index in [-0.39, 0.29) is 19.0 Å². The summed E-state index contributed by atoms with van der Waals surface area (Å²) in [5.74, 6) is -1.02. The fourth-order valence-electron chi connectivity index (χ4n) is 2.30. The molecule has 0 fully saturated rings. The van der Waals surface area contributed by atoms with Crippen LogP contribution in [0.15, 0.2) is 18.2 Å². The first-order chi connectivity index (χ1) is 10.4. The summed E-state index contributed by atoms with van der Waals surface area (Å²) in [6, 6.07) is 5.16. The minimum Gasteiger partial charge on any atom is -0.508 e. The predicted molar refractivity (Wildman–Crippen MR) is 89.5 cm³/mol. The maximum atomic E-state index is 12.7. The number of hydrogen-bond donors (Lipinski definition) is 2. The number of nitrogens with two attached hydrogens (primary N) is 1. The number of phenols is 1. The van der Waals surface area contributed by atoms with E-state index in [1.807, 2.05) is 19.9 Å². The third kappa shape index (κ3) is 4.23. The molecule has 126 valence electrons. The highest BCUT2D eigenvalue weighted by Crippen LogP contribution is 2.59. The molecule has 0 unspecified atom stereocenters. The van der Waals surface area contributed by atoms with Crippen molar-refractivity contribution in [3.63, 3.8) is 0 Å². The number of aromatic hydroxyl groups is 1. The van der Waals surface area contributed by atoms with Crippen molar-refractivity contribution < 1.29 is 18.7 Å². The second-order valence-corrected chi connectivity index (χ2v) is 6.89. The van der Waals surface area contributed by atoms with Crippen LogP contribution in [-0.4, -0.2) is 31.4 Å². The number of phenolic OH excluding ortho intramolecular Hbond substituents is 1. The van der Waals surface area contributed by atoms with E-state index in [4.69, 9.17) is 14.8 Å². The van der Waals surface area contributed by atoms with E-state index < -0.39 is 13.4 Å². The Morgan fingerprint density at radius 3 is 2.14 bits per heavy atom. The van der Waals surface area contributed by atoms with E-state index in [9.17, 15) is 9.67 Å². The highest BCUT2D eigenvalue weighted by molar-refractivity contribution is 7.54. The lowest BCUT2D eigenvalue weighted by Crippen LogP contribution is -2.22. The molecule has 0 amide bonds. The zero-order chi connectivity index (χ0) is 16.8. The van der Waals surface area contributed by atoms with Crippen LogP contribution < -0.4 is 10.6 Å². The highest BCUT2D eigenvalue weighted by atomic mass is 31.2. The summed E-state index contributed by atoms with van der Waals surface area (Å²) in [6.07, 6.45) is 0. The fraction of sp³-hybridized carbons (Fsp3) is 0.600. The average Bonchev–Trinajstić information content (AvgIpc) is 2.48. The Balaban J connectivity index is 3.12. The first-order valence-electron chi connectivity index (χ1n) is 7.65. The zero-order valence-corrected chi connectivity index (χ0v) is 14.7. The Kier molecular flexibility index (Phi) is 7.36. The molecule has 0 heterocycles. The van der Waals surface area contributed by atoms with Crippen molar-refractivity contribution in [1.82, 2.24) is 0 Å². The second kappa shape index (κ2) is 8.53. The average molecular weight is 330 g/mol. The third-order valence-electron chi connectivity index (χ3n) is 3.42. The summed E-state index contributed by atoms with van der Waals surface area (Å²) in [5.41, 5.74) is 7.30. The Morgan fingerprint density at radius 2 is 1.73 bits per heavy atom. The maximum absolute atomic E-state index is 12.7. The number of anilines is 1. The van der Waals surface area contributed by atoms with Crippen LogP contribution in [-0.2, 0) is 13.6 Å². The molecular weight excluding hydrogens is 303 g/mol. The van der Waals surface area contributed by atoms with Crippen LogP contribution in [0.3, 0.4) is 0 Å². The second-order valence-electron chi connectivity index (χ2n) is 4.74. The molecule has 3 N–H and O–H groups in total. The van der Waals surface area contributed by atoms with Gasteiger partial charge in [-0.1, -0.05) is 6.07 Å². The topological polar surface area (TPSA) is 85.0 Å². The van der Waals surface area contributed by atoms with Crippen molar-refractivity contribution in [1.29, 1.82) is 0 Å². The number of rotatable bonds is 9. The molecule has 0 spiro atoms. The van der Waals surface area contributed by atoms with Crippen LogP contribution in [0.1, 0.15) is 39.0 Å². The van der Waals surface area contributed by atoms with Crippen molar-refractivity contribution in [3.8, 4) is 5.75 Å². The molecule has 0 bridgehead atoms. The first-order valence-corrected chi connectivity index (χ1v) is 9.26. The van der Waals surface area contributed by atoms with Crippen LogP contribution in [0.2, 0.25) is 0 Å². The van der Waals surface area contributed by atoms with Gasteiger partial charge in [0, 0.05) is 30.4 Å². The van der Waals surface area contributed by atoms with Crippen LogP contribution in [0.25, 0.3) is 0 Å². The van der Waals surface area contributed by atoms with E-state index in [1.54, 1.807) is 26.0 Å². The van der Waals surface area contributed by atoms with Crippen molar-refractivity contribution in [2.75, 3.05) is 31.2 Å². The SMILES string of the molecule is CCOP(=O)(OCC)[C@H](N)c1ccc(N(CC)CC)cc1O. The fourth-order valence-corrected chi connectivity index (χ4v) is 3.97. The molecular formula is C15H27N2O4P. The Morgan fingerprint density at radius 1 is 1.18 bits per heavy atom. The molecule has 1 aromatic carbocycles. The quantitative estimate of drug-likeness (QED) is 0.675. The Labute approximate surface area is 132 Å². The molecule has 1 atom stereocenters. The van der Waals surface area contributed by atoms with Gasteiger partial charge in [-0.05, 0) is 33.8 Å². The van der Waals surface area contributed by atoms with Crippen molar-refractivity contribution in [3.05, 3.63) is 23.8 Å². The molecule has 0 aliphatic carbocycles. The van der Waals surface area contributed by atoms with Crippen molar-refractivity contribution in [2.24, 2.45) is 5.73 Å². The van der Waals surface area contributed by atoms with Gasteiger partial charge < -0.3 is 24.8 Å². The predicted octanol–water partition coefficient (Wildman–Crippen LogP) is 3.46. The van der Waals surface area contributed by atoms with E-state index in [0.717, 1.165) is 18.8 Å². The summed E-state index contributed by atoms with van der Waals surface area (Å²) >= 11 is 0. The minimum absolute atomic E-state index is 0.00321. The van der Waals surface area contributed by atoms with E-state index in [0.29, 0.717) is 5.56 Å². The lowest BCUT2D eigenvalue weighted by atomic mass is 10.1. The third-order valence-corrected chi connectivity index (χ3v) is 5.62. The van der Waals surface area contributed by atoms with Crippen LogP contribution >= 0.6 is 7.60 Å². The first kappa shape index (κ1) is 19.0. The van der Waals surface area contributed by atoms with Crippen LogP contribution in [0.5, 0.6) is 5.75 Å². The molecule has 0 radical (unpaired) electrons. The monoisotopic (exact) mass is 330 g/mol. The van der Waals surface area contributed by atoms with Crippen LogP contribution in [0, 0.1) is 0 Å². The molecule has 0 aliphatic heterocycles. The van der Waals surface area contributed by atoms with Gasteiger partial charge >= 0.3 is 7.60 Å². The van der Waals surface area contributed by atoms with Crippen molar-refractivity contribution in [2.45, 2.75) is 33.5 Å². The zero-order valence-electron chi connectivity index (χ0n) is 13.8. The summed E-state index contributed by atoms with van der Waals surface area (Å²) in [6.45, 7) is 9.64. The molecule has 0 saturated heterocycles. The highest BCUT2D eigenvalue weighted by Gasteiger charge is 2.35. The summed E-state index contributed by atoms with van der Waals surface area (Å²) in [7, 11) is -3.51. The number of nitrogens with zero attached hydrogens (tertiary/aromatic N) is 1. The molecule has 6 nitrogen and oxygen atoms in total. The van der Waals surface area contributed by atoms with Crippen molar-refractivity contribution >= 4 is 13.3 Å². The Hall–Kier alpha value is -1.07. The smallest absolute Gasteiger partial charge is 0.351 e. The van der Waals surface area contributed by atoms with Gasteiger partial charge in [0.1, 0.15) is 11.5 Å². The molecule has 0 aliphatic rings. The lowest BCUT2D eigenvalue weighted by molar-refractivity contribution is 0.212. The van der Waals surface area contributed by atoms with Crippen LogP contribution in [0.4, 0.5) is 5.69 Å². The van der Waals surface area contributed by atoms with Gasteiger partial charge in [0.15, 0.2) is 0 Å². The molecule has 1 aromatic rings. The van der Waals surface area contributed by atoms with E-state index >= 15 is 0 Å². The largest absolute Gasteiger partial charge is 0.508 e. The number of benzene rings is 1. The minimum atomic E-state index is -3.51. The summed E-state index contributed by atoms with van der Waals surface area (Å²) in [5, 5.41) is 10.3. The molecule has 1 rings (SSSR count). The summed E-state index contributed by atoms with van der Waals surface area (Å²) in [4.78, 5) is 2.10.